The van der Waals surface area contributed by atoms with Gasteiger partial charge in [0.15, 0.2) is 0 Å². The Labute approximate surface area is 106 Å². The summed E-state index contributed by atoms with van der Waals surface area (Å²) in [7, 11) is 0. The summed E-state index contributed by atoms with van der Waals surface area (Å²) in [6.45, 7) is -0.650. The average molecular weight is 259 g/mol. The van der Waals surface area contributed by atoms with Gasteiger partial charge in [-0.25, -0.2) is 0 Å². The molecule has 6 nitrogen and oxygen atoms in total. The number of carboxylic acid groups (broad SMARTS) is 1. The van der Waals surface area contributed by atoms with E-state index in [0.29, 0.717) is 0 Å². The smallest absolute Gasteiger partial charge is 0.303 e. The second-order valence-corrected chi connectivity index (χ2v) is 5.08. The molecule has 1 amide bonds. The Morgan fingerprint density at radius 3 is 2.11 bits per heavy atom. The zero-order valence-electron chi connectivity index (χ0n) is 10.4. The maximum atomic E-state index is 11.8. The van der Waals surface area contributed by atoms with Crippen LogP contribution < -0.4 is 5.32 Å². The van der Waals surface area contributed by atoms with E-state index in [4.69, 9.17) is 15.3 Å². The molecule has 0 heterocycles. The van der Waals surface area contributed by atoms with Gasteiger partial charge in [-0.2, -0.15) is 0 Å². The molecule has 0 unspecified atom stereocenters. The molecule has 1 aliphatic carbocycles. The first kappa shape index (κ1) is 14.9. The monoisotopic (exact) mass is 259 g/mol. The lowest BCUT2D eigenvalue weighted by atomic mass is 9.79. The Morgan fingerprint density at radius 1 is 1.11 bits per heavy atom. The summed E-state index contributed by atoms with van der Waals surface area (Å²) >= 11 is 0. The second kappa shape index (κ2) is 6.70. The first-order chi connectivity index (χ1) is 8.51. The molecule has 0 saturated heterocycles. The predicted octanol–water partition coefficient (Wildman–Crippen LogP) is -0.119. The number of aliphatic hydroxyl groups excluding tert-OH is 2. The maximum Gasteiger partial charge on any atom is 0.303 e. The van der Waals surface area contributed by atoms with E-state index >= 15 is 0 Å². The van der Waals surface area contributed by atoms with Crippen LogP contribution in [0, 0.1) is 5.41 Å². The third-order valence-corrected chi connectivity index (χ3v) is 3.53. The molecule has 0 aromatic carbocycles. The molecule has 1 fully saturated rings. The highest BCUT2D eigenvalue weighted by molar-refractivity contribution is 5.78. The van der Waals surface area contributed by atoms with Crippen LogP contribution in [0.5, 0.6) is 0 Å². The van der Waals surface area contributed by atoms with E-state index in [1.54, 1.807) is 0 Å². The third-order valence-electron chi connectivity index (χ3n) is 3.53. The number of rotatable bonds is 7. The van der Waals surface area contributed by atoms with Gasteiger partial charge in [0.2, 0.25) is 5.91 Å². The maximum absolute atomic E-state index is 11.8. The molecule has 1 saturated carbocycles. The Bertz CT molecular complexity index is 295. The summed E-state index contributed by atoms with van der Waals surface area (Å²) < 4.78 is 0. The molecule has 18 heavy (non-hydrogen) atoms. The van der Waals surface area contributed by atoms with Crippen LogP contribution in [0.3, 0.4) is 0 Å². The number of amides is 1. The fourth-order valence-electron chi connectivity index (χ4n) is 2.63. The number of carboxylic acids is 1. The number of nitrogens with one attached hydrogen (secondary N) is 1. The highest BCUT2D eigenvalue weighted by Crippen LogP contribution is 2.43. The Kier molecular flexibility index (Phi) is 5.55. The highest BCUT2D eigenvalue weighted by atomic mass is 16.4. The van der Waals surface area contributed by atoms with Crippen LogP contribution in [-0.4, -0.2) is 46.5 Å². The fraction of sp³-hybridized carbons (Fsp3) is 0.833. The SMILES string of the molecule is O=C(O)CC1(CC(=O)NC(CO)CO)CCCC1. The number of aliphatic carboxylic acids is 1. The summed E-state index contributed by atoms with van der Waals surface area (Å²) in [6.07, 6.45) is 3.54. The molecule has 0 radical (unpaired) electrons. The highest BCUT2D eigenvalue weighted by Gasteiger charge is 2.38. The molecule has 0 bridgehead atoms. The largest absolute Gasteiger partial charge is 0.481 e. The number of hydrogen-bond donors (Lipinski definition) is 4. The standard InChI is InChI=1S/C12H21NO5/c14-7-9(8-15)13-10(16)5-12(6-11(17)18)3-1-2-4-12/h9,14-15H,1-8H2,(H,13,16)(H,17,18). The molecule has 0 spiro atoms. The average Bonchev–Trinajstić information content (AvgIpc) is 2.73. The van der Waals surface area contributed by atoms with E-state index in [9.17, 15) is 9.59 Å². The van der Waals surface area contributed by atoms with Crippen molar-refractivity contribution in [1.82, 2.24) is 5.32 Å². The molecule has 1 rings (SSSR count). The molecule has 0 aromatic heterocycles. The van der Waals surface area contributed by atoms with Crippen molar-refractivity contribution in [3.05, 3.63) is 0 Å². The minimum Gasteiger partial charge on any atom is -0.481 e. The van der Waals surface area contributed by atoms with Crippen molar-refractivity contribution < 1.29 is 24.9 Å². The molecule has 0 atom stereocenters. The van der Waals surface area contributed by atoms with Crippen LogP contribution >= 0.6 is 0 Å². The van der Waals surface area contributed by atoms with Crippen LogP contribution in [0.15, 0.2) is 0 Å². The van der Waals surface area contributed by atoms with Gasteiger partial charge in [0, 0.05) is 6.42 Å². The van der Waals surface area contributed by atoms with Gasteiger partial charge in [-0.15, -0.1) is 0 Å². The molecule has 104 valence electrons. The van der Waals surface area contributed by atoms with Crippen LogP contribution in [0.2, 0.25) is 0 Å². The van der Waals surface area contributed by atoms with Crippen molar-refractivity contribution in [2.75, 3.05) is 13.2 Å². The predicted molar refractivity (Wildman–Crippen MR) is 63.9 cm³/mol. The first-order valence-corrected chi connectivity index (χ1v) is 6.24. The van der Waals surface area contributed by atoms with Gasteiger partial charge in [0.05, 0.1) is 25.7 Å². The van der Waals surface area contributed by atoms with Gasteiger partial charge in [-0.3, -0.25) is 9.59 Å². The van der Waals surface area contributed by atoms with E-state index in [-0.39, 0.29) is 32.0 Å². The van der Waals surface area contributed by atoms with Crippen LogP contribution in [-0.2, 0) is 9.59 Å². The van der Waals surface area contributed by atoms with Crippen molar-refractivity contribution in [3.63, 3.8) is 0 Å². The Morgan fingerprint density at radius 2 is 1.67 bits per heavy atom. The van der Waals surface area contributed by atoms with Crippen molar-refractivity contribution in [2.24, 2.45) is 5.41 Å². The van der Waals surface area contributed by atoms with Gasteiger partial charge >= 0.3 is 5.97 Å². The van der Waals surface area contributed by atoms with E-state index < -0.39 is 17.4 Å². The number of aliphatic hydroxyl groups is 2. The van der Waals surface area contributed by atoms with Crippen molar-refractivity contribution in [1.29, 1.82) is 0 Å². The zero-order valence-corrected chi connectivity index (χ0v) is 10.4. The van der Waals surface area contributed by atoms with Gasteiger partial charge < -0.3 is 20.6 Å². The van der Waals surface area contributed by atoms with Crippen molar-refractivity contribution in [2.45, 2.75) is 44.6 Å². The van der Waals surface area contributed by atoms with E-state index in [1.807, 2.05) is 0 Å². The summed E-state index contributed by atoms with van der Waals surface area (Å²) in [5, 5.41) is 29.2. The van der Waals surface area contributed by atoms with E-state index in [0.717, 1.165) is 25.7 Å². The molecule has 0 aromatic rings. The summed E-state index contributed by atoms with van der Waals surface area (Å²) in [4.78, 5) is 22.7. The Hall–Kier alpha value is -1.14. The van der Waals surface area contributed by atoms with Gasteiger partial charge in [-0.05, 0) is 18.3 Å². The quantitative estimate of drug-likeness (QED) is 0.510. The molecular formula is C12H21NO5. The molecule has 1 aliphatic rings. The number of carbonyl (C=O) groups is 2. The van der Waals surface area contributed by atoms with Gasteiger partial charge in [0.1, 0.15) is 0 Å². The lowest BCUT2D eigenvalue weighted by molar-refractivity contribution is -0.140. The summed E-state index contributed by atoms with van der Waals surface area (Å²) in [5.41, 5.74) is -0.453. The second-order valence-electron chi connectivity index (χ2n) is 5.08. The van der Waals surface area contributed by atoms with Crippen LogP contribution in [0.4, 0.5) is 0 Å². The molecular weight excluding hydrogens is 238 g/mol. The number of hydrogen-bond acceptors (Lipinski definition) is 4. The van der Waals surface area contributed by atoms with Crippen molar-refractivity contribution in [3.8, 4) is 0 Å². The lowest BCUT2D eigenvalue weighted by Crippen LogP contribution is -2.42. The lowest BCUT2D eigenvalue weighted by Gasteiger charge is -2.27. The molecule has 4 N–H and O–H groups in total. The van der Waals surface area contributed by atoms with Gasteiger partial charge in [0.25, 0.3) is 0 Å². The van der Waals surface area contributed by atoms with Crippen LogP contribution in [0.25, 0.3) is 0 Å². The fourth-order valence-corrected chi connectivity index (χ4v) is 2.63. The summed E-state index contributed by atoms with van der Waals surface area (Å²) in [5.74, 6) is -1.18. The van der Waals surface area contributed by atoms with Crippen LogP contribution in [0.1, 0.15) is 38.5 Å². The minimum atomic E-state index is -0.884. The third kappa shape index (κ3) is 4.27. The normalized spacial score (nSPS) is 17.9. The minimum absolute atomic E-state index is 0.00331. The van der Waals surface area contributed by atoms with Crippen molar-refractivity contribution >= 4 is 11.9 Å². The number of carbonyl (C=O) groups excluding carboxylic acids is 1. The van der Waals surface area contributed by atoms with E-state index in [2.05, 4.69) is 5.32 Å². The Balaban J connectivity index is 2.55. The van der Waals surface area contributed by atoms with Gasteiger partial charge in [-0.1, -0.05) is 12.8 Å². The van der Waals surface area contributed by atoms with E-state index in [1.165, 1.54) is 0 Å². The topological polar surface area (TPSA) is 107 Å². The molecule has 0 aliphatic heterocycles. The first-order valence-electron chi connectivity index (χ1n) is 6.24. The zero-order chi connectivity index (χ0) is 13.6. The summed E-state index contributed by atoms with van der Waals surface area (Å²) in [6, 6.07) is -0.666. The molecule has 6 heteroatoms.